The first kappa shape index (κ1) is 14.1. The minimum absolute atomic E-state index is 0.0154. The van der Waals surface area contributed by atoms with Gasteiger partial charge < -0.3 is 5.32 Å². The predicted octanol–water partition coefficient (Wildman–Crippen LogP) is 3.14. The number of carbonyl (C=O) groups excluding carboxylic acids is 1. The lowest BCUT2D eigenvalue weighted by Crippen LogP contribution is -2.27. The second kappa shape index (κ2) is 6.77. The molecule has 1 atom stereocenters. The molecule has 1 amide bonds. The van der Waals surface area contributed by atoms with Crippen molar-refractivity contribution >= 4 is 33.6 Å². The molecular formula is C13H14BrN3OS. The molecule has 2 aromatic rings. The molecule has 1 aromatic carbocycles. The van der Waals surface area contributed by atoms with Gasteiger partial charge in [-0.2, -0.15) is 5.10 Å². The monoisotopic (exact) mass is 339 g/mol. The molecule has 0 fully saturated rings. The minimum atomic E-state index is -0.0308. The first-order valence-corrected chi connectivity index (χ1v) is 7.59. The summed E-state index contributed by atoms with van der Waals surface area (Å²) in [6.07, 6.45) is 3.50. The zero-order valence-corrected chi connectivity index (χ0v) is 12.8. The molecule has 2 rings (SSSR count). The SMILES string of the molecule is CC(NC(=O)CSc1ccc(Br)cc1)c1cn[nH]c1. The summed E-state index contributed by atoms with van der Waals surface area (Å²) in [6.45, 7) is 1.94. The molecule has 0 saturated heterocycles. The molecular weight excluding hydrogens is 326 g/mol. The summed E-state index contributed by atoms with van der Waals surface area (Å²) < 4.78 is 1.04. The van der Waals surface area contributed by atoms with Gasteiger partial charge in [0, 0.05) is 21.1 Å². The Balaban J connectivity index is 1.80. The third-order valence-corrected chi connectivity index (χ3v) is 4.12. The van der Waals surface area contributed by atoms with E-state index in [9.17, 15) is 4.79 Å². The lowest BCUT2D eigenvalue weighted by Gasteiger charge is -2.11. The molecule has 1 unspecified atom stereocenters. The number of aromatic nitrogens is 2. The quantitative estimate of drug-likeness (QED) is 0.822. The Morgan fingerprint density at radius 1 is 1.47 bits per heavy atom. The van der Waals surface area contributed by atoms with Gasteiger partial charge in [-0.1, -0.05) is 15.9 Å². The van der Waals surface area contributed by atoms with Crippen LogP contribution in [0.1, 0.15) is 18.5 Å². The van der Waals surface area contributed by atoms with E-state index < -0.39 is 0 Å². The molecule has 1 aromatic heterocycles. The van der Waals surface area contributed by atoms with E-state index in [1.165, 1.54) is 11.8 Å². The van der Waals surface area contributed by atoms with Crippen LogP contribution in [0.25, 0.3) is 0 Å². The lowest BCUT2D eigenvalue weighted by atomic mass is 10.2. The van der Waals surface area contributed by atoms with Gasteiger partial charge in [0.1, 0.15) is 0 Å². The second-order valence-electron chi connectivity index (χ2n) is 4.06. The minimum Gasteiger partial charge on any atom is -0.349 e. The number of benzene rings is 1. The highest BCUT2D eigenvalue weighted by atomic mass is 79.9. The Morgan fingerprint density at radius 2 is 2.21 bits per heavy atom. The van der Waals surface area contributed by atoms with Gasteiger partial charge in [-0.3, -0.25) is 9.89 Å². The maximum absolute atomic E-state index is 11.8. The largest absolute Gasteiger partial charge is 0.349 e. The maximum Gasteiger partial charge on any atom is 0.230 e. The van der Waals surface area contributed by atoms with Crippen LogP contribution in [0.2, 0.25) is 0 Å². The Kier molecular flexibility index (Phi) is 5.04. The fourth-order valence-corrected chi connectivity index (χ4v) is 2.52. The highest BCUT2D eigenvalue weighted by Crippen LogP contribution is 2.20. The summed E-state index contributed by atoms with van der Waals surface area (Å²) in [7, 11) is 0. The molecule has 19 heavy (non-hydrogen) atoms. The van der Waals surface area contributed by atoms with Crippen LogP contribution < -0.4 is 5.32 Å². The standard InChI is InChI=1S/C13H14BrN3OS/c1-9(10-6-15-16-7-10)17-13(18)8-19-12-4-2-11(14)3-5-12/h2-7,9H,8H2,1H3,(H,15,16)(H,17,18). The normalized spacial score (nSPS) is 12.1. The molecule has 0 spiro atoms. The highest BCUT2D eigenvalue weighted by molar-refractivity contribution is 9.10. The van der Waals surface area contributed by atoms with Crippen molar-refractivity contribution in [2.45, 2.75) is 17.9 Å². The van der Waals surface area contributed by atoms with Crippen molar-refractivity contribution in [2.75, 3.05) is 5.75 Å². The maximum atomic E-state index is 11.8. The van der Waals surface area contributed by atoms with Gasteiger partial charge in [0.15, 0.2) is 0 Å². The first-order valence-electron chi connectivity index (χ1n) is 5.81. The van der Waals surface area contributed by atoms with Gasteiger partial charge in [-0.05, 0) is 31.2 Å². The van der Waals surface area contributed by atoms with Crippen LogP contribution >= 0.6 is 27.7 Å². The number of nitrogens with zero attached hydrogens (tertiary/aromatic N) is 1. The van der Waals surface area contributed by atoms with Crippen LogP contribution in [0, 0.1) is 0 Å². The number of carbonyl (C=O) groups is 1. The Labute approximate surface area is 124 Å². The summed E-state index contributed by atoms with van der Waals surface area (Å²) in [6, 6.07) is 7.88. The van der Waals surface area contributed by atoms with Crippen molar-refractivity contribution in [1.29, 1.82) is 0 Å². The number of nitrogens with one attached hydrogen (secondary N) is 2. The van der Waals surface area contributed by atoms with E-state index in [-0.39, 0.29) is 11.9 Å². The van der Waals surface area contributed by atoms with Crippen LogP contribution in [0.3, 0.4) is 0 Å². The van der Waals surface area contributed by atoms with Gasteiger partial charge in [-0.15, -0.1) is 11.8 Å². The zero-order chi connectivity index (χ0) is 13.7. The van der Waals surface area contributed by atoms with Crippen molar-refractivity contribution in [1.82, 2.24) is 15.5 Å². The van der Waals surface area contributed by atoms with Gasteiger partial charge in [0.25, 0.3) is 0 Å². The van der Waals surface area contributed by atoms with Crippen LogP contribution in [0.15, 0.2) is 46.0 Å². The molecule has 0 radical (unpaired) electrons. The van der Waals surface area contributed by atoms with E-state index in [1.54, 1.807) is 12.4 Å². The van der Waals surface area contributed by atoms with Gasteiger partial charge in [-0.25, -0.2) is 0 Å². The summed E-state index contributed by atoms with van der Waals surface area (Å²) in [5.74, 6) is 0.422. The molecule has 100 valence electrons. The molecule has 1 heterocycles. The Bertz CT molecular complexity index is 527. The number of aromatic amines is 1. The molecule has 2 N–H and O–H groups in total. The van der Waals surface area contributed by atoms with Crippen molar-refractivity contribution in [3.63, 3.8) is 0 Å². The summed E-state index contributed by atoms with van der Waals surface area (Å²) in [5, 5.41) is 9.54. The number of hydrogen-bond donors (Lipinski definition) is 2. The van der Waals surface area contributed by atoms with Crippen molar-refractivity contribution in [3.8, 4) is 0 Å². The molecule has 0 aliphatic rings. The van der Waals surface area contributed by atoms with E-state index in [1.807, 2.05) is 31.2 Å². The first-order chi connectivity index (χ1) is 9.15. The third kappa shape index (κ3) is 4.40. The Hall–Kier alpha value is -1.27. The lowest BCUT2D eigenvalue weighted by molar-refractivity contribution is -0.119. The average Bonchev–Trinajstić information content (AvgIpc) is 2.92. The predicted molar refractivity (Wildman–Crippen MR) is 80.0 cm³/mol. The second-order valence-corrected chi connectivity index (χ2v) is 6.03. The number of hydrogen-bond acceptors (Lipinski definition) is 3. The third-order valence-electron chi connectivity index (χ3n) is 2.58. The molecule has 0 bridgehead atoms. The molecule has 0 saturated carbocycles. The number of amides is 1. The van der Waals surface area contributed by atoms with Crippen molar-refractivity contribution in [2.24, 2.45) is 0 Å². The number of thioether (sulfide) groups is 1. The number of halogens is 1. The smallest absolute Gasteiger partial charge is 0.230 e. The van der Waals surface area contributed by atoms with Crippen LogP contribution in [-0.2, 0) is 4.79 Å². The van der Waals surface area contributed by atoms with Crippen LogP contribution in [0.4, 0.5) is 0 Å². The van der Waals surface area contributed by atoms with Crippen LogP contribution in [0.5, 0.6) is 0 Å². The van der Waals surface area contributed by atoms with Gasteiger partial charge >= 0.3 is 0 Å². The number of rotatable bonds is 5. The van der Waals surface area contributed by atoms with E-state index >= 15 is 0 Å². The molecule has 0 aliphatic carbocycles. The number of H-pyrrole nitrogens is 1. The topological polar surface area (TPSA) is 57.8 Å². The molecule has 4 nitrogen and oxygen atoms in total. The van der Waals surface area contributed by atoms with E-state index in [0.717, 1.165) is 14.9 Å². The van der Waals surface area contributed by atoms with Gasteiger partial charge in [0.05, 0.1) is 18.0 Å². The zero-order valence-electron chi connectivity index (χ0n) is 10.4. The fourth-order valence-electron chi connectivity index (χ4n) is 1.54. The average molecular weight is 340 g/mol. The van der Waals surface area contributed by atoms with E-state index in [0.29, 0.717) is 5.75 Å². The van der Waals surface area contributed by atoms with E-state index in [4.69, 9.17) is 0 Å². The summed E-state index contributed by atoms with van der Waals surface area (Å²) >= 11 is 4.90. The highest BCUT2D eigenvalue weighted by Gasteiger charge is 2.10. The van der Waals surface area contributed by atoms with Crippen molar-refractivity contribution in [3.05, 3.63) is 46.7 Å². The molecule has 0 aliphatic heterocycles. The van der Waals surface area contributed by atoms with E-state index in [2.05, 4.69) is 31.4 Å². The fraction of sp³-hybridized carbons (Fsp3) is 0.231. The Morgan fingerprint density at radius 3 is 2.84 bits per heavy atom. The molecule has 6 heteroatoms. The van der Waals surface area contributed by atoms with Crippen molar-refractivity contribution < 1.29 is 4.79 Å². The summed E-state index contributed by atoms with van der Waals surface area (Å²) in [5.41, 5.74) is 0.974. The van der Waals surface area contributed by atoms with Gasteiger partial charge in [0.2, 0.25) is 5.91 Å². The summed E-state index contributed by atoms with van der Waals surface area (Å²) in [4.78, 5) is 12.9. The van der Waals surface area contributed by atoms with Crippen LogP contribution in [-0.4, -0.2) is 21.9 Å².